The van der Waals surface area contributed by atoms with Crippen molar-refractivity contribution in [1.29, 1.82) is 0 Å². The molecule has 0 bridgehead atoms. The van der Waals surface area contributed by atoms with Gasteiger partial charge in [0.2, 0.25) is 0 Å². The quantitative estimate of drug-likeness (QED) is 0.476. The molecule has 2 heteroatoms. The topological polar surface area (TPSA) is 17.1 Å². The molecule has 1 nitrogen and oxygen atoms in total. The fourth-order valence-electron chi connectivity index (χ4n) is 2.46. The van der Waals surface area contributed by atoms with Crippen molar-refractivity contribution >= 4 is 13.9 Å². The number of ketones is 1. The number of carbonyl (C=O) groups is 1. The normalized spacial score (nSPS) is 29.6. The van der Waals surface area contributed by atoms with E-state index in [9.17, 15) is 4.79 Å². The molecule has 0 unspecified atom stereocenters. The summed E-state index contributed by atoms with van der Waals surface area (Å²) in [5.41, 5.74) is 4.82. The van der Waals surface area contributed by atoms with Gasteiger partial charge in [-0.2, -0.15) is 0 Å². The predicted octanol–water partition coefficient (Wildman–Crippen LogP) is 3.10. The highest BCUT2D eigenvalue weighted by Gasteiger charge is 2.34. The molecule has 1 saturated carbocycles. The van der Waals surface area contributed by atoms with Gasteiger partial charge >= 0.3 is 0 Å². The van der Waals surface area contributed by atoms with Gasteiger partial charge in [0, 0.05) is 5.92 Å². The van der Waals surface area contributed by atoms with Crippen LogP contribution in [0.1, 0.15) is 19.3 Å². The lowest BCUT2D eigenvalue weighted by Crippen LogP contribution is -2.19. The highest BCUT2D eigenvalue weighted by Crippen LogP contribution is 2.41. The predicted molar refractivity (Wildman–Crippen MR) is 61.9 cm³/mol. The molecule has 2 aliphatic carbocycles. The van der Waals surface area contributed by atoms with Gasteiger partial charge in [-0.3, -0.25) is 4.79 Å². The van der Waals surface area contributed by atoms with Crippen molar-refractivity contribution in [3.8, 4) is 0 Å². The monoisotopic (exact) mass is 206 g/mol. The first-order valence-electron chi connectivity index (χ1n) is 5.45. The van der Waals surface area contributed by atoms with Crippen LogP contribution in [0.2, 0.25) is 19.6 Å². The molecule has 0 N–H and O–H groups in total. The van der Waals surface area contributed by atoms with Crippen LogP contribution in [0.4, 0.5) is 0 Å². The van der Waals surface area contributed by atoms with Gasteiger partial charge in [-0.05, 0) is 30.9 Å². The summed E-state index contributed by atoms with van der Waals surface area (Å²) in [6.45, 7) is 6.88. The SMILES string of the molecule is C[Si](C)(C)/C=C1\C(=O)C=C2CCC[C@H]21. The molecule has 1 fully saturated rings. The van der Waals surface area contributed by atoms with Crippen molar-refractivity contribution in [1.82, 2.24) is 0 Å². The van der Waals surface area contributed by atoms with Crippen LogP contribution in [0.5, 0.6) is 0 Å². The van der Waals surface area contributed by atoms with Crippen molar-refractivity contribution in [3.63, 3.8) is 0 Å². The molecule has 0 aliphatic heterocycles. The molecule has 2 rings (SSSR count). The van der Waals surface area contributed by atoms with Crippen molar-refractivity contribution in [3.05, 3.63) is 22.9 Å². The van der Waals surface area contributed by atoms with E-state index in [2.05, 4.69) is 25.3 Å². The Bertz CT molecular complexity index is 331. The summed E-state index contributed by atoms with van der Waals surface area (Å²) in [5, 5.41) is 0. The lowest BCUT2D eigenvalue weighted by Gasteiger charge is -2.14. The fraction of sp³-hybridized carbons (Fsp3) is 0.583. The molecule has 0 saturated heterocycles. The van der Waals surface area contributed by atoms with Gasteiger partial charge in [-0.15, -0.1) is 0 Å². The van der Waals surface area contributed by atoms with E-state index in [0.29, 0.717) is 11.7 Å². The second kappa shape index (κ2) is 3.19. The Morgan fingerprint density at radius 1 is 1.43 bits per heavy atom. The second-order valence-electron chi connectivity index (χ2n) is 5.49. The molecule has 0 heterocycles. The summed E-state index contributed by atoms with van der Waals surface area (Å²) < 4.78 is 0. The molecule has 0 aromatic carbocycles. The number of rotatable bonds is 1. The third kappa shape index (κ3) is 1.76. The van der Waals surface area contributed by atoms with E-state index in [-0.39, 0.29) is 0 Å². The van der Waals surface area contributed by atoms with E-state index < -0.39 is 8.07 Å². The van der Waals surface area contributed by atoms with Gasteiger partial charge in [0.15, 0.2) is 5.78 Å². The van der Waals surface area contributed by atoms with Gasteiger partial charge in [-0.25, -0.2) is 0 Å². The Hall–Kier alpha value is -0.633. The largest absolute Gasteiger partial charge is 0.290 e. The van der Waals surface area contributed by atoms with Gasteiger partial charge < -0.3 is 0 Å². The summed E-state index contributed by atoms with van der Waals surface area (Å²) >= 11 is 0. The highest BCUT2D eigenvalue weighted by atomic mass is 28.3. The second-order valence-corrected chi connectivity index (χ2v) is 10.5. The standard InChI is InChI=1S/C12H18OSi/c1-14(2,3)8-11-10-6-4-5-9(10)7-12(11)13/h7-8,10H,4-6H2,1-3H3/b11-8-/t10-/m1/s1. The van der Waals surface area contributed by atoms with Crippen LogP contribution in [-0.2, 0) is 4.79 Å². The van der Waals surface area contributed by atoms with E-state index >= 15 is 0 Å². The molecule has 2 aliphatic rings. The molecular formula is C12H18OSi. The lowest BCUT2D eigenvalue weighted by atomic mass is 10.0. The maximum atomic E-state index is 11.7. The van der Waals surface area contributed by atoms with E-state index in [1.807, 2.05) is 6.08 Å². The molecule has 0 radical (unpaired) electrons. The minimum absolute atomic E-state index is 0.298. The van der Waals surface area contributed by atoms with Crippen LogP contribution in [-0.4, -0.2) is 13.9 Å². The van der Waals surface area contributed by atoms with E-state index in [0.717, 1.165) is 12.0 Å². The van der Waals surface area contributed by atoms with E-state index in [1.54, 1.807) is 0 Å². The van der Waals surface area contributed by atoms with Crippen molar-refractivity contribution in [2.24, 2.45) is 5.92 Å². The van der Waals surface area contributed by atoms with Crippen LogP contribution in [0.15, 0.2) is 22.9 Å². The van der Waals surface area contributed by atoms with E-state index in [1.165, 1.54) is 18.4 Å². The minimum atomic E-state index is -1.24. The van der Waals surface area contributed by atoms with Crippen LogP contribution >= 0.6 is 0 Å². The van der Waals surface area contributed by atoms with Crippen LogP contribution in [0.25, 0.3) is 0 Å². The van der Waals surface area contributed by atoms with Gasteiger partial charge in [-0.1, -0.05) is 30.9 Å². The first kappa shape index (κ1) is 9.90. The van der Waals surface area contributed by atoms with Crippen LogP contribution in [0, 0.1) is 5.92 Å². The van der Waals surface area contributed by atoms with Gasteiger partial charge in [0.05, 0.1) is 8.07 Å². The van der Waals surface area contributed by atoms with Gasteiger partial charge in [0.25, 0.3) is 0 Å². The highest BCUT2D eigenvalue weighted by molar-refractivity contribution is 6.81. The minimum Gasteiger partial charge on any atom is -0.290 e. The molecule has 76 valence electrons. The zero-order chi connectivity index (χ0) is 10.3. The van der Waals surface area contributed by atoms with Crippen LogP contribution in [0.3, 0.4) is 0 Å². The maximum Gasteiger partial charge on any atom is 0.181 e. The number of hydrogen-bond acceptors (Lipinski definition) is 1. The molecule has 0 aromatic rings. The lowest BCUT2D eigenvalue weighted by molar-refractivity contribution is -0.111. The average molecular weight is 206 g/mol. The Morgan fingerprint density at radius 3 is 2.79 bits per heavy atom. The Morgan fingerprint density at radius 2 is 2.14 bits per heavy atom. The van der Waals surface area contributed by atoms with E-state index in [4.69, 9.17) is 0 Å². The number of fused-ring (bicyclic) bond motifs is 1. The zero-order valence-electron chi connectivity index (χ0n) is 9.26. The fourth-order valence-corrected chi connectivity index (χ4v) is 3.74. The molecular weight excluding hydrogens is 188 g/mol. The molecule has 0 aromatic heterocycles. The number of carbonyl (C=O) groups excluding carboxylic acids is 1. The first-order valence-corrected chi connectivity index (χ1v) is 9.03. The Balaban J connectivity index is 2.31. The summed E-state index contributed by atoms with van der Waals surface area (Å²) in [4.78, 5) is 11.7. The van der Waals surface area contributed by atoms with Crippen molar-refractivity contribution in [2.45, 2.75) is 38.9 Å². The van der Waals surface area contributed by atoms with Crippen molar-refractivity contribution in [2.75, 3.05) is 0 Å². The maximum absolute atomic E-state index is 11.7. The summed E-state index contributed by atoms with van der Waals surface area (Å²) in [5.74, 6) is 0.807. The average Bonchev–Trinajstić information content (AvgIpc) is 2.54. The summed E-state index contributed by atoms with van der Waals surface area (Å²) in [6, 6.07) is 0. The molecule has 0 spiro atoms. The zero-order valence-corrected chi connectivity index (χ0v) is 10.3. The Kier molecular flexibility index (Phi) is 2.26. The first-order chi connectivity index (χ1) is 6.47. The third-order valence-corrected chi connectivity index (χ3v) is 4.15. The molecule has 14 heavy (non-hydrogen) atoms. The van der Waals surface area contributed by atoms with Crippen LogP contribution < -0.4 is 0 Å². The smallest absolute Gasteiger partial charge is 0.181 e. The number of allylic oxidation sites excluding steroid dienone is 3. The summed E-state index contributed by atoms with van der Waals surface area (Å²) in [6.07, 6.45) is 5.52. The third-order valence-electron chi connectivity index (χ3n) is 2.97. The van der Waals surface area contributed by atoms with Crippen molar-refractivity contribution < 1.29 is 4.79 Å². The molecule has 1 atom stereocenters. The van der Waals surface area contributed by atoms with Gasteiger partial charge in [0.1, 0.15) is 0 Å². The Labute approximate surface area is 86.9 Å². The number of hydrogen-bond donors (Lipinski definition) is 0. The summed E-state index contributed by atoms with van der Waals surface area (Å²) in [7, 11) is -1.24. The molecule has 0 amide bonds.